The van der Waals surface area contributed by atoms with Gasteiger partial charge >= 0.3 is 0 Å². The number of aromatic nitrogens is 3. The van der Waals surface area contributed by atoms with E-state index >= 15 is 0 Å². The van der Waals surface area contributed by atoms with Crippen molar-refractivity contribution in [2.45, 2.75) is 39.8 Å². The summed E-state index contributed by atoms with van der Waals surface area (Å²) in [6, 6.07) is 0.231. The Morgan fingerprint density at radius 1 is 1.25 bits per heavy atom. The standard InChI is InChI=1S/C13H22ClN5O/c1-5-18(6-2)12-15-11(14)16-13(17-12)19-7-10(4)20-8-9(19)3/h9-10H,5-8H2,1-4H3. The Morgan fingerprint density at radius 3 is 2.60 bits per heavy atom. The summed E-state index contributed by atoms with van der Waals surface area (Å²) in [5.74, 6) is 1.27. The number of ether oxygens (including phenoxy) is 1. The molecule has 2 rings (SSSR count). The van der Waals surface area contributed by atoms with E-state index in [4.69, 9.17) is 16.3 Å². The van der Waals surface area contributed by atoms with Crippen LogP contribution in [0, 0.1) is 0 Å². The molecule has 7 heteroatoms. The minimum atomic E-state index is 0.165. The lowest BCUT2D eigenvalue weighted by molar-refractivity contribution is 0.0337. The molecule has 1 aliphatic rings. The van der Waals surface area contributed by atoms with E-state index in [1.54, 1.807) is 0 Å². The van der Waals surface area contributed by atoms with Crippen LogP contribution in [0.5, 0.6) is 0 Å². The van der Waals surface area contributed by atoms with Gasteiger partial charge in [0.1, 0.15) is 0 Å². The van der Waals surface area contributed by atoms with Crippen LogP contribution in [0.3, 0.4) is 0 Å². The zero-order valence-corrected chi connectivity index (χ0v) is 13.3. The van der Waals surface area contributed by atoms with Gasteiger partial charge in [-0.1, -0.05) is 0 Å². The first-order chi connectivity index (χ1) is 9.55. The fraction of sp³-hybridized carbons (Fsp3) is 0.769. The second kappa shape index (κ2) is 6.54. The third-order valence-corrected chi connectivity index (χ3v) is 3.66. The summed E-state index contributed by atoms with van der Waals surface area (Å²) in [6.45, 7) is 11.4. The predicted octanol–water partition coefficient (Wildman–Crippen LogP) is 1.98. The molecule has 1 saturated heterocycles. The molecule has 1 aromatic rings. The van der Waals surface area contributed by atoms with Gasteiger partial charge in [0.2, 0.25) is 17.2 Å². The summed E-state index contributed by atoms with van der Waals surface area (Å²) < 4.78 is 5.64. The Bertz CT molecular complexity index is 454. The van der Waals surface area contributed by atoms with Crippen molar-refractivity contribution in [3.8, 4) is 0 Å². The van der Waals surface area contributed by atoms with Gasteiger partial charge < -0.3 is 14.5 Å². The van der Waals surface area contributed by atoms with Crippen LogP contribution in [0.25, 0.3) is 0 Å². The summed E-state index contributed by atoms with van der Waals surface area (Å²) in [5, 5.41) is 0.239. The Hall–Kier alpha value is -1.14. The van der Waals surface area contributed by atoms with Crippen LogP contribution in [-0.4, -0.2) is 53.3 Å². The van der Waals surface area contributed by atoms with Gasteiger partial charge in [0.25, 0.3) is 0 Å². The quantitative estimate of drug-likeness (QED) is 0.847. The third kappa shape index (κ3) is 3.30. The smallest absolute Gasteiger partial charge is 0.231 e. The molecule has 0 aliphatic carbocycles. The van der Waals surface area contributed by atoms with E-state index in [0.29, 0.717) is 18.5 Å². The van der Waals surface area contributed by atoms with Crippen LogP contribution < -0.4 is 9.80 Å². The number of anilines is 2. The van der Waals surface area contributed by atoms with E-state index < -0.39 is 0 Å². The highest BCUT2D eigenvalue weighted by atomic mass is 35.5. The van der Waals surface area contributed by atoms with Crippen LogP contribution in [0.15, 0.2) is 0 Å². The average Bonchev–Trinajstić information content (AvgIpc) is 2.42. The molecular formula is C13H22ClN5O. The molecule has 2 unspecified atom stereocenters. The first kappa shape index (κ1) is 15.3. The highest BCUT2D eigenvalue weighted by Gasteiger charge is 2.26. The molecular weight excluding hydrogens is 278 g/mol. The van der Waals surface area contributed by atoms with Crippen molar-refractivity contribution >= 4 is 23.5 Å². The lowest BCUT2D eigenvalue weighted by Crippen LogP contribution is -2.48. The molecule has 1 aliphatic heterocycles. The summed E-state index contributed by atoms with van der Waals surface area (Å²) >= 11 is 6.06. The van der Waals surface area contributed by atoms with E-state index in [0.717, 1.165) is 19.6 Å². The van der Waals surface area contributed by atoms with E-state index in [1.807, 2.05) is 6.92 Å². The molecule has 2 atom stereocenters. The molecule has 0 aromatic carbocycles. The van der Waals surface area contributed by atoms with E-state index in [2.05, 4.69) is 45.5 Å². The molecule has 20 heavy (non-hydrogen) atoms. The molecule has 1 fully saturated rings. The fourth-order valence-electron chi connectivity index (χ4n) is 2.29. The number of halogens is 1. The van der Waals surface area contributed by atoms with Gasteiger partial charge in [0.15, 0.2) is 0 Å². The lowest BCUT2D eigenvalue weighted by atomic mass is 10.2. The van der Waals surface area contributed by atoms with Gasteiger partial charge in [-0.2, -0.15) is 15.0 Å². The molecule has 0 saturated carbocycles. The Morgan fingerprint density at radius 2 is 1.95 bits per heavy atom. The van der Waals surface area contributed by atoms with Crippen molar-refractivity contribution < 1.29 is 4.74 Å². The maximum atomic E-state index is 6.06. The van der Waals surface area contributed by atoms with Crippen molar-refractivity contribution in [1.82, 2.24) is 15.0 Å². The molecule has 2 heterocycles. The van der Waals surface area contributed by atoms with Crippen LogP contribution in [0.1, 0.15) is 27.7 Å². The molecule has 0 N–H and O–H groups in total. The van der Waals surface area contributed by atoms with Crippen LogP contribution in [0.4, 0.5) is 11.9 Å². The lowest BCUT2D eigenvalue weighted by Gasteiger charge is -2.37. The van der Waals surface area contributed by atoms with Gasteiger partial charge in [0.05, 0.1) is 18.8 Å². The number of nitrogens with zero attached hydrogens (tertiary/aromatic N) is 5. The van der Waals surface area contributed by atoms with Crippen molar-refractivity contribution in [1.29, 1.82) is 0 Å². The number of rotatable bonds is 4. The summed E-state index contributed by atoms with van der Waals surface area (Å²) in [5.41, 5.74) is 0. The summed E-state index contributed by atoms with van der Waals surface area (Å²) in [7, 11) is 0. The van der Waals surface area contributed by atoms with Crippen molar-refractivity contribution in [3.05, 3.63) is 5.28 Å². The summed E-state index contributed by atoms with van der Waals surface area (Å²) in [6.07, 6.45) is 0.165. The zero-order chi connectivity index (χ0) is 14.7. The van der Waals surface area contributed by atoms with Gasteiger partial charge in [-0.25, -0.2) is 0 Å². The predicted molar refractivity (Wildman–Crippen MR) is 80.6 cm³/mol. The summed E-state index contributed by atoms with van der Waals surface area (Å²) in [4.78, 5) is 17.3. The first-order valence-corrected chi connectivity index (χ1v) is 7.47. The van der Waals surface area contributed by atoms with Crippen molar-refractivity contribution in [2.24, 2.45) is 0 Å². The highest BCUT2D eigenvalue weighted by molar-refractivity contribution is 6.28. The van der Waals surface area contributed by atoms with Gasteiger partial charge in [-0.15, -0.1) is 0 Å². The molecule has 0 bridgehead atoms. The van der Waals surface area contributed by atoms with Gasteiger partial charge in [-0.3, -0.25) is 0 Å². The van der Waals surface area contributed by atoms with E-state index in [-0.39, 0.29) is 17.4 Å². The Labute approximate surface area is 125 Å². The van der Waals surface area contributed by atoms with Gasteiger partial charge in [-0.05, 0) is 39.3 Å². The molecule has 0 spiro atoms. The number of hydrogen-bond acceptors (Lipinski definition) is 6. The monoisotopic (exact) mass is 299 g/mol. The minimum absolute atomic E-state index is 0.165. The van der Waals surface area contributed by atoms with E-state index in [1.165, 1.54) is 0 Å². The van der Waals surface area contributed by atoms with E-state index in [9.17, 15) is 0 Å². The van der Waals surface area contributed by atoms with Crippen LogP contribution >= 0.6 is 11.6 Å². The second-order valence-electron chi connectivity index (χ2n) is 5.02. The van der Waals surface area contributed by atoms with Crippen LogP contribution in [-0.2, 0) is 4.74 Å². The average molecular weight is 300 g/mol. The number of hydrogen-bond donors (Lipinski definition) is 0. The second-order valence-corrected chi connectivity index (χ2v) is 5.36. The molecule has 6 nitrogen and oxygen atoms in total. The maximum absolute atomic E-state index is 6.06. The molecule has 0 radical (unpaired) electrons. The highest BCUT2D eigenvalue weighted by Crippen LogP contribution is 2.21. The zero-order valence-electron chi connectivity index (χ0n) is 12.5. The van der Waals surface area contributed by atoms with Crippen molar-refractivity contribution in [2.75, 3.05) is 36.0 Å². The topological polar surface area (TPSA) is 54.4 Å². The molecule has 112 valence electrons. The van der Waals surface area contributed by atoms with Crippen LogP contribution in [0.2, 0.25) is 5.28 Å². The Balaban J connectivity index is 2.31. The third-order valence-electron chi connectivity index (χ3n) is 3.50. The van der Waals surface area contributed by atoms with Crippen molar-refractivity contribution in [3.63, 3.8) is 0 Å². The molecule has 1 aromatic heterocycles. The SMILES string of the molecule is CCN(CC)c1nc(Cl)nc(N2CC(C)OCC2C)n1. The molecule has 0 amide bonds. The Kier molecular flexibility index (Phi) is 4.99. The maximum Gasteiger partial charge on any atom is 0.231 e. The fourth-order valence-corrected chi connectivity index (χ4v) is 2.44. The van der Waals surface area contributed by atoms with Gasteiger partial charge in [0, 0.05) is 19.6 Å². The largest absolute Gasteiger partial charge is 0.375 e. The first-order valence-electron chi connectivity index (χ1n) is 7.09. The number of morpholine rings is 1. The normalized spacial score (nSPS) is 22.9. The minimum Gasteiger partial charge on any atom is -0.375 e.